The van der Waals surface area contributed by atoms with Gasteiger partial charge in [0.25, 0.3) is 5.91 Å². The highest BCUT2D eigenvalue weighted by molar-refractivity contribution is 5.95. The Balaban J connectivity index is 1.71. The molecule has 1 aliphatic heterocycles. The first kappa shape index (κ1) is 18.7. The van der Waals surface area contributed by atoms with Crippen LogP contribution in [0.1, 0.15) is 29.0 Å². The molecule has 27 heavy (non-hydrogen) atoms. The minimum Gasteiger partial charge on any atom is -0.459 e. The van der Waals surface area contributed by atoms with Gasteiger partial charge in [0, 0.05) is 25.4 Å². The molecule has 0 aliphatic carbocycles. The molecule has 2 heterocycles. The topological polar surface area (TPSA) is 106 Å². The molecule has 1 fully saturated rings. The van der Waals surface area contributed by atoms with Gasteiger partial charge in [0.05, 0.1) is 6.26 Å². The fourth-order valence-corrected chi connectivity index (χ4v) is 3.29. The third kappa shape index (κ3) is 4.75. The molecule has 0 radical (unpaired) electrons. The molecule has 142 valence electrons. The SMILES string of the molecule is NC(=O)C1CCN(C(=O)[C@H](Cc2ccccc2)NC(=O)c2ccco2)CC1. The number of nitrogens with two attached hydrogens (primary N) is 1. The van der Waals surface area contributed by atoms with Crippen LogP contribution in [0.2, 0.25) is 0 Å². The zero-order valence-corrected chi connectivity index (χ0v) is 15.0. The van der Waals surface area contributed by atoms with Crippen LogP contribution in [0.5, 0.6) is 0 Å². The van der Waals surface area contributed by atoms with E-state index in [1.807, 2.05) is 30.3 Å². The van der Waals surface area contributed by atoms with Gasteiger partial charge in [0.2, 0.25) is 11.8 Å². The number of likely N-dealkylation sites (tertiary alicyclic amines) is 1. The summed E-state index contributed by atoms with van der Waals surface area (Å²) in [6, 6.07) is 12.0. The Bertz CT molecular complexity index is 781. The van der Waals surface area contributed by atoms with Gasteiger partial charge in [0.1, 0.15) is 6.04 Å². The number of piperidine rings is 1. The third-order valence-electron chi connectivity index (χ3n) is 4.84. The largest absolute Gasteiger partial charge is 0.459 e. The van der Waals surface area contributed by atoms with Gasteiger partial charge in [-0.15, -0.1) is 0 Å². The number of rotatable bonds is 6. The van der Waals surface area contributed by atoms with E-state index in [0.717, 1.165) is 5.56 Å². The lowest BCUT2D eigenvalue weighted by molar-refractivity contribution is -0.136. The number of carbonyl (C=O) groups is 3. The summed E-state index contributed by atoms with van der Waals surface area (Å²) in [6.07, 6.45) is 2.88. The normalized spacial score (nSPS) is 15.9. The minimum atomic E-state index is -0.713. The number of primary amides is 1. The summed E-state index contributed by atoms with van der Waals surface area (Å²) in [7, 11) is 0. The highest BCUT2D eigenvalue weighted by atomic mass is 16.3. The first-order chi connectivity index (χ1) is 13.0. The van der Waals surface area contributed by atoms with Crippen molar-refractivity contribution < 1.29 is 18.8 Å². The number of furan rings is 1. The summed E-state index contributed by atoms with van der Waals surface area (Å²) in [6.45, 7) is 0.905. The van der Waals surface area contributed by atoms with Gasteiger partial charge >= 0.3 is 0 Å². The van der Waals surface area contributed by atoms with Gasteiger partial charge in [-0.05, 0) is 30.5 Å². The van der Waals surface area contributed by atoms with E-state index in [1.165, 1.54) is 6.26 Å². The summed E-state index contributed by atoms with van der Waals surface area (Å²) in [5.41, 5.74) is 6.31. The zero-order valence-electron chi connectivity index (χ0n) is 15.0. The number of benzene rings is 1. The van der Waals surface area contributed by atoms with Gasteiger partial charge in [-0.2, -0.15) is 0 Å². The highest BCUT2D eigenvalue weighted by Gasteiger charge is 2.31. The monoisotopic (exact) mass is 369 g/mol. The fraction of sp³-hybridized carbons (Fsp3) is 0.350. The molecule has 7 nitrogen and oxygen atoms in total. The van der Waals surface area contributed by atoms with Crippen molar-refractivity contribution in [2.75, 3.05) is 13.1 Å². The van der Waals surface area contributed by atoms with E-state index in [4.69, 9.17) is 10.2 Å². The predicted octanol–water partition coefficient (Wildman–Crippen LogP) is 1.34. The molecule has 1 aliphatic rings. The molecule has 3 N–H and O–H groups in total. The second kappa shape index (κ2) is 8.53. The van der Waals surface area contributed by atoms with Gasteiger partial charge < -0.3 is 20.4 Å². The van der Waals surface area contributed by atoms with Crippen LogP contribution in [0.25, 0.3) is 0 Å². The number of nitrogens with zero attached hydrogens (tertiary/aromatic N) is 1. The van der Waals surface area contributed by atoms with Crippen LogP contribution >= 0.6 is 0 Å². The number of hydrogen-bond donors (Lipinski definition) is 2. The molecular weight excluding hydrogens is 346 g/mol. The Hall–Kier alpha value is -3.09. The second-order valence-electron chi connectivity index (χ2n) is 6.70. The van der Waals surface area contributed by atoms with E-state index in [-0.39, 0.29) is 23.5 Å². The molecular formula is C20H23N3O4. The van der Waals surface area contributed by atoms with Crippen LogP contribution < -0.4 is 11.1 Å². The van der Waals surface area contributed by atoms with Gasteiger partial charge in [-0.25, -0.2) is 0 Å². The molecule has 0 bridgehead atoms. The van der Waals surface area contributed by atoms with E-state index in [9.17, 15) is 14.4 Å². The maximum Gasteiger partial charge on any atom is 0.287 e. The average Bonchev–Trinajstić information content (AvgIpc) is 3.23. The summed E-state index contributed by atoms with van der Waals surface area (Å²) in [5.74, 6) is -0.954. The number of hydrogen-bond acceptors (Lipinski definition) is 4. The molecule has 3 rings (SSSR count). The maximum absolute atomic E-state index is 13.0. The minimum absolute atomic E-state index is 0.160. The van der Waals surface area contributed by atoms with Crippen LogP contribution in [0, 0.1) is 5.92 Å². The first-order valence-corrected chi connectivity index (χ1v) is 9.01. The van der Waals surface area contributed by atoms with Gasteiger partial charge in [-0.1, -0.05) is 30.3 Å². The van der Waals surface area contributed by atoms with E-state index in [1.54, 1.807) is 17.0 Å². The molecule has 1 aromatic carbocycles. The smallest absolute Gasteiger partial charge is 0.287 e. The number of amides is 3. The van der Waals surface area contributed by atoms with Gasteiger partial charge in [-0.3, -0.25) is 14.4 Å². The van der Waals surface area contributed by atoms with Crippen molar-refractivity contribution in [2.45, 2.75) is 25.3 Å². The Kier molecular flexibility index (Phi) is 5.90. The molecule has 0 unspecified atom stereocenters. The van der Waals surface area contributed by atoms with E-state index < -0.39 is 11.9 Å². The second-order valence-corrected chi connectivity index (χ2v) is 6.70. The van der Waals surface area contributed by atoms with Crippen molar-refractivity contribution in [1.29, 1.82) is 0 Å². The Labute approximate surface area is 157 Å². The lowest BCUT2D eigenvalue weighted by Crippen LogP contribution is -2.52. The van der Waals surface area contributed by atoms with Crippen molar-refractivity contribution in [3.8, 4) is 0 Å². The van der Waals surface area contributed by atoms with Crippen LogP contribution in [0.4, 0.5) is 0 Å². The van der Waals surface area contributed by atoms with E-state index in [0.29, 0.717) is 32.4 Å². The lowest BCUT2D eigenvalue weighted by Gasteiger charge is -2.33. The summed E-state index contributed by atoms with van der Waals surface area (Å²) in [5, 5.41) is 2.78. The number of carbonyl (C=O) groups excluding carboxylic acids is 3. The maximum atomic E-state index is 13.0. The van der Waals surface area contributed by atoms with Crippen molar-refractivity contribution >= 4 is 17.7 Å². The Morgan fingerprint density at radius 3 is 2.41 bits per heavy atom. The summed E-state index contributed by atoms with van der Waals surface area (Å²) >= 11 is 0. The molecule has 0 spiro atoms. The van der Waals surface area contributed by atoms with Crippen LogP contribution in [-0.4, -0.2) is 41.8 Å². The van der Waals surface area contributed by atoms with E-state index in [2.05, 4.69) is 5.32 Å². The highest BCUT2D eigenvalue weighted by Crippen LogP contribution is 2.18. The Morgan fingerprint density at radius 1 is 1.11 bits per heavy atom. The Morgan fingerprint density at radius 2 is 1.81 bits per heavy atom. The molecule has 0 saturated carbocycles. The molecule has 1 aromatic heterocycles. The summed E-state index contributed by atoms with van der Waals surface area (Å²) in [4.78, 5) is 38.5. The fourth-order valence-electron chi connectivity index (χ4n) is 3.29. The molecule has 1 atom stereocenters. The lowest BCUT2D eigenvalue weighted by atomic mass is 9.95. The molecule has 3 amide bonds. The van der Waals surface area contributed by atoms with Crippen molar-refractivity contribution in [3.05, 3.63) is 60.1 Å². The number of nitrogens with one attached hydrogen (secondary N) is 1. The van der Waals surface area contributed by atoms with Crippen LogP contribution in [0.3, 0.4) is 0 Å². The molecule has 2 aromatic rings. The zero-order chi connectivity index (χ0) is 19.2. The first-order valence-electron chi connectivity index (χ1n) is 9.01. The van der Waals surface area contributed by atoms with Crippen LogP contribution in [-0.2, 0) is 16.0 Å². The summed E-state index contributed by atoms with van der Waals surface area (Å²) < 4.78 is 5.12. The van der Waals surface area contributed by atoms with Crippen molar-refractivity contribution in [1.82, 2.24) is 10.2 Å². The van der Waals surface area contributed by atoms with Gasteiger partial charge in [0.15, 0.2) is 5.76 Å². The standard InChI is InChI=1S/C20H23N3O4/c21-18(24)15-8-10-23(11-9-15)20(26)16(13-14-5-2-1-3-6-14)22-19(25)17-7-4-12-27-17/h1-7,12,15-16H,8-11,13H2,(H2,21,24)(H,22,25)/t16-/m0/s1. The molecule has 7 heteroatoms. The van der Waals surface area contributed by atoms with Crippen LogP contribution in [0.15, 0.2) is 53.1 Å². The quantitative estimate of drug-likeness (QED) is 0.801. The predicted molar refractivity (Wildman–Crippen MR) is 98.6 cm³/mol. The van der Waals surface area contributed by atoms with Crippen molar-refractivity contribution in [3.63, 3.8) is 0 Å². The van der Waals surface area contributed by atoms with E-state index >= 15 is 0 Å². The molecule has 1 saturated heterocycles. The average molecular weight is 369 g/mol. The third-order valence-corrected chi connectivity index (χ3v) is 4.84. The van der Waals surface area contributed by atoms with Crippen molar-refractivity contribution in [2.24, 2.45) is 11.7 Å².